The second kappa shape index (κ2) is 34.6. The van der Waals surface area contributed by atoms with Crippen LogP contribution in [0.3, 0.4) is 0 Å². The van der Waals surface area contributed by atoms with E-state index in [1.54, 1.807) is 0 Å². The molecule has 0 aromatic rings. The van der Waals surface area contributed by atoms with Gasteiger partial charge in [-0.2, -0.15) is 8.42 Å². The van der Waals surface area contributed by atoms with Gasteiger partial charge in [0.25, 0.3) is 0 Å². The molecule has 0 fully saturated rings. The van der Waals surface area contributed by atoms with Gasteiger partial charge in [-0.05, 0) is 19.3 Å². The van der Waals surface area contributed by atoms with Crippen LogP contribution < -0.4 is 0 Å². The third-order valence-corrected chi connectivity index (χ3v) is 10.2. The number of rotatable bonds is 39. The highest BCUT2D eigenvalue weighted by atomic mass is 32.3. The molecule has 0 aromatic heterocycles. The first kappa shape index (κ1) is 47.2. The fourth-order valence-electron chi connectivity index (χ4n) is 6.64. The van der Waals surface area contributed by atoms with Gasteiger partial charge in [0.15, 0.2) is 0 Å². The van der Waals surface area contributed by atoms with Gasteiger partial charge in [-0.3, -0.25) is 14.1 Å². The SMILES string of the molecule is CCCCCCCCCCCCCCCCCC(=O)C(CC(O)COS(=O)(=O)O)C(=O)CCCCCCCCCCCCCCCCC. The zero-order valence-corrected chi connectivity index (χ0v) is 32.4. The van der Waals surface area contributed by atoms with Crippen molar-refractivity contribution in [2.75, 3.05) is 6.61 Å². The summed E-state index contributed by atoms with van der Waals surface area (Å²) in [6.45, 7) is 3.84. The maximum absolute atomic E-state index is 13.1. The second-order valence-electron chi connectivity index (χ2n) is 14.5. The molecule has 0 spiro atoms. The Bertz CT molecular complexity index is 783. The van der Waals surface area contributed by atoms with E-state index in [2.05, 4.69) is 18.0 Å². The summed E-state index contributed by atoms with van der Waals surface area (Å²) >= 11 is 0. The maximum atomic E-state index is 13.1. The highest BCUT2D eigenvalue weighted by molar-refractivity contribution is 7.80. The van der Waals surface area contributed by atoms with E-state index in [9.17, 15) is 23.1 Å². The third-order valence-electron chi connectivity index (χ3n) is 9.75. The quantitative estimate of drug-likeness (QED) is 0.0372. The molecule has 0 aliphatic rings. The number of hydrogen-bond acceptors (Lipinski definition) is 6. The van der Waals surface area contributed by atoms with Crippen LogP contribution in [-0.2, 0) is 24.2 Å². The molecule has 0 aliphatic carbocycles. The van der Waals surface area contributed by atoms with Crippen LogP contribution in [0.25, 0.3) is 0 Å². The summed E-state index contributed by atoms with van der Waals surface area (Å²) in [7, 11) is -4.70. The molecule has 0 rings (SSSR count). The highest BCUT2D eigenvalue weighted by Crippen LogP contribution is 2.20. The highest BCUT2D eigenvalue weighted by Gasteiger charge is 2.28. The lowest BCUT2D eigenvalue weighted by molar-refractivity contribution is -0.134. The number of aliphatic hydroxyl groups is 1. The van der Waals surface area contributed by atoms with Gasteiger partial charge in [-0.15, -0.1) is 0 Å². The fraction of sp³-hybridized carbons (Fsp3) is 0.950. The van der Waals surface area contributed by atoms with Crippen molar-refractivity contribution < 1.29 is 31.8 Å². The number of hydrogen-bond donors (Lipinski definition) is 2. The van der Waals surface area contributed by atoms with Crippen LogP contribution in [0.1, 0.15) is 226 Å². The molecule has 48 heavy (non-hydrogen) atoms. The molecule has 0 aromatic carbocycles. The van der Waals surface area contributed by atoms with E-state index in [1.807, 2.05) is 0 Å². The Hall–Kier alpha value is -0.830. The average Bonchev–Trinajstić information content (AvgIpc) is 3.05. The van der Waals surface area contributed by atoms with Gasteiger partial charge in [-0.25, -0.2) is 4.18 Å². The summed E-state index contributed by atoms with van der Waals surface area (Å²) in [6.07, 6.45) is 36.2. The van der Waals surface area contributed by atoms with Crippen LogP contribution in [0.4, 0.5) is 0 Å². The zero-order chi connectivity index (χ0) is 35.6. The molecule has 0 bridgehead atoms. The van der Waals surface area contributed by atoms with Gasteiger partial charge < -0.3 is 5.11 Å². The first-order valence-electron chi connectivity index (χ1n) is 20.6. The average molecular weight is 703 g/mol. The van der Waals surface area contributed by atoms with E-state index in [0.717, 1.165) is 38.5 Å². The van der Waals surface area contributed by atoms with Gasteiger partial charge in [0, 0.05) is 12.8 Å². The van der Waals surface area contributed by atoms with Gasteiger partial charge in [0.05, 0.1) is 18.6 Å². The van der Waals surface area contributed by atoms with Gasteiger partial charge >= 0.3 is 10.4 Å². The Balaban J connectivity index is 4.19. The van der Waals surface area contributed by atoms with Crippen molar-refractivity contribution in [1.82, 2.24) is 0 Å². The lowest BCUT2D eigenvalue weighted by Gasteiger charge is -2.18. The summed E-state index contributed by atoms with van der Waals surface area (Å²) in [4.78, 5) is 26.2. The Labute approximate surface area is 297 Å². The zero-order valence-electron chi connectivity index (χ0n) is 31.5. The van der Waals surface area contributed by atoms with Crippen LogP contribution in [0.5, 0.6) is 0 Å². The van der Waals surface area contributed by atoms with Crippen molar-refractivity contribution in [2.45, 2.75) is 232 Å². The standard InChI is InChI=1S/C40H78O7S/c1-3-5-7-9-11-13-15-17-19-21-23-25-27-29-31-33-39(42)38(35-37(41)36-47-48(44,45)46)40(43)34-32-30-28-26-24-22-20-18-16-14-12-10-8-6-4-2/h37-38,41H,3-36H2,1-2H3,(H,44,45,46). The predicted molar refractivity (Wildman–Crippen MR) is 201 cm³/mol. The molecule has 2 N–H and O–H groups in total. The first-order valence-corrected chi connectivity index (χ1v) is 21.9. The monoisotopic (exact) mass is 703 g/mol. The molecule has 8 heteroatoms. The molecule has 286 valence electrons. The summed E-state index contributed by atoms with van der Waals surface area (Å²) in [5.74, 6) is -1.31. The molecule has 0 amide bonds. The van der Waals surface area contributed by atoms with Crippen molar-refractivity contribution in [3.63, 3.8) is 0 Å². The minimum atomic E-state index is -4.70. The number of unbranched alkanes of at least 4 members (excludes halogenated alkanes) is 28. The number of aliphatic hydroxyl groups excluding tert-OH is 1. The molecular weight excluding hydrogens is 624 g/mol. The Kier molecular flexibility index (Phi) is 34.0. The Morgan fingerprint density at radius 1 is 0.479 bits per heavy atom. The number of carbonyl (C=O) groups excluding carboxylic acids is 2. The van der Waals surface area contributed by atoms with E-state index >= 15 is 0 Å². The minimum absolute atomic E-state index is 0.176. The lowest BCUT2D eigenvalue weighted by atomic mass is 9.87. The Morgan fingerprint density at radius 2 is 0.729 bits per heavy atom. The normalized spacial score (nSPS) is 12.6. The summed E-state index contributed by atoms with van der Waals surface area (Å²) < 4.78 is 34.9. The van der Waals surface area contributed by atoms with E-state index in [-0.39, 0.29) is 18.0 Å². The van der Waals surface area contributed by atoms with Crippen LogP contribution in [0.2, 0.25) is 0 Å². The van der Waals surface area contributed by atoms with Crippen LogP contribution in [-0.4, -0.2) is 42.4 Å². The van der Waals surface area contributed by atoms with E-state index < -0.39 is 29.0 Å². The van der Waals surface area contributed by atoms with E-state index in [1.165, 1.54) is 154 Å². The van der Waals surface area contributed by atoms with Crippen molar-refractivity contribution in [3.05, 3.63) is 0 Å². The molecule has 0 saturated carbocycles. The third kappa shape index (κ3) is 33.7. The van der Waals surface area contributed by atoms with Gasteiger partial charge in [-0.1, -0.05) is 194 Å². The van der Waals surface area contributed by atoms with Crippen LogP contribution in [0, 0.1) is 5.92 Å². The van der Waals surface area contributed by atoms with Gasteiger partial charge in [0.1, 0.15) is 11.6 Å². The molecule has 1 atom stereocenters. The number of carbonyl (C=O) groups is 2. The summed E-state index contributed by atoms with van der Waals surface area (Å²) in [6, 6.07) is 0. The van der Waals surface area contributed by atoms with Gasteiger partial charge in [0.2, 0.25) is 0 Å². The van der Waals surface area contributed by atoms with Crippen molar-refractivity contribution in [2.24, 2.45) is 5.92 Å². The van der Waals surface area contributed by atoms with Crippen molar-refractivity contribution in [1.29, 1.82) is 0 Å². The molecule has 7 nitrogen and oxygen atoms in total. The minimum Gasteiger partial charge on any atom is -0.391 e. The number of ketones is 2. The molecule has 0 saturated heterocycles. The molecule has 1 unspecified atom stereocenters. The van der Waals surface area contributed by atoms with Crippen molar-refractivity contribution in [3.8, 4) is 0 Å². The van der Waals surface area contributed by atoms with Crippen LogP contribution >= 0.6 is 0 Å². The fourth-order valence-corrected chi connectivity index (χ4v) is 6.97. The second-order valence-corrected chi connectivity index (χ2v) is 15.6. The first-order chi connectivity index (χ1) is 23.2. The molecular formula is C40H78O7S. The molecule has 0 aliphatic heterocycles. The Morgan fingerprint density at radius 3 is 0.979 bits per heavy atom. The maximum Gasteiger partial charge on any atom is 0.397 e. The van der Waals surface area contributed by atoms with E-state index in [4.69, 9.17) is 4.55 Å². The van der Waals surface area contributed by atoms with Crippen LogP contribution in [0.15, 0.2) is 0 Å². The summed E-state index contributed by atoms with van der Waals surface area (Å²) in [5.41, 5.74) is 0. The topological polar surface area (TPSA) is 118 Å². The largest absolute Gasteiger partial charge is 0.397 e. The summed E-state index contributed by atoms with van der Waals surface area (Å²) in [5, 5.41) is 10.3. The predicted octanol–water partition coefficient (Wildman–Crippen LogP) is 11.8. The smallest absolute Gasteiger partial charge is 0.391 e. The number of Topliss-reactive ketones (excluding diaryl/α,β-unsaturated/α-hetero) is 2. The molecule has 0 radical (unpaired) electrons. The van der Waals surface area contributed by atoms with Crippen molar-refractivity contribution >= 4 is 22.0 Å². The molecule has 0 heterocycles. The van der Waals surface area contributed by atoms with E-state index in [0.29, 0.717) is 12.8 Å². The lowest BCUT2D eigenvalue weighted by Crippen LogP contribution is -2.31.